The van der Waals surface area contributed by atoms with Crippen molar-refractivity contribution in [2.45, 2.75) is 52.0 Å². The first kappa shape index (κ1) is 13.0. The Morgan fingerprint density at radius 2 is 2.06 bits per heavy atom. The Hall–Kier alpha value is -1.06. The molecule has 0 aromatic carbocycles. The van der Waals surface area contributed by atoms with E-state index in [1.807, 2.05) is 4.90 Å². The van der Waals surface area contributed by atoms with Crippen LogP contribution in [-0.2, 0) is 9.59 Å². The molecule has 4 nitrogen and oxygen atoms in total. The van der Waals surface area contributed by atoms with Crippen molar-refractivity contribution in [2.24, 2.45) is 0 Å². The first-order valence-electron chi connectivity index (χ1n) is 6.25. The summed E-state index contributed by atoms with van der Waals surface area (Å²) < 4.78 is 0. The molecule has 2 amide bonds. The number of hydrogen-bond acceptors (Lipinski definition) is 2. The number of carbonyl (C=O) groups is 2. The molecule has 0 aromatic heterocycles. The van der Waals surface area contributed by atoms with Crippen LogP contribution in [0, 0.1) is 0 Å². The van der Waals surface area contributed by atoms with Crippen LogP contribution < -0.4 is 5.32 Å². The van der Waals surface area contributed by atoms with Gasteiger partial charge in [-0.25, -0.2) is 0 Å². The van der Waals surface area contributed by atoms with Crippen molar-refractivity contribution < 1.29 is 9.59 Å². The van der Waals surface area contributed by atoms with E-state index in [-0.39, 0.29) is 18.4 Å². The number of nitrogens with one attached hydrogen (secondary N) is 1. The summed E-state index contributed by atoms with van der Waals surface area (Å²) in [6, 6.07) is 0.375. The summed E-state index contributed by atoms with van der Waals surface area (Å²) >= 11 is 0. The first-order chi connectivity index (χ1) is 7.69. The highest BCUT2D eigenvalue weighted by molar-refractivity contribution is 5.84. The van der Waals surface area contributed by atoms with Crippen LogP contribution in [0.1, 0.15) is 46.0 Å². The van der Waals surface area contributed by atoms with Crippen LogP contribution in [0.15, 0.2) is 0 Å². The quantitative estimate of drug-likeness (QED) is 0.785. The number of likely N-dealkylation sites (tertiary alicyclic amines) is 1. The standard InChI is InChI=1S/C12H22N2O2/c1-3-10-7-5-6-8-14(10)12(16)9-13-11(15)4-2/h10H,3-9H2,1-2H3,(H,13,15). The third-order valence-electron chi connectivity index (χ3n) is 3.18. The van der Waals surface area contributed by atoms with Crippen molar-refractivity contribution in [3.8, 4) is 0 Å². The van der Waals surface area contributed by atoms with Gasteiger partial charge in [-0.3, -0.25) is 9.59 Å². The molecule has 1 aliphatic rings. The number of nitrogens with zero attached hydrogens (tertiary/aromatic N) is 1. The number of amides is 2. The predicted molar refractivity (Wildman–Crippen MR) is 62.9 cm³/mol. The van der Waals surface area contributed by atoms with Gasteiger partial charge < -0.3 is 10.2 Å². The third kappa shape index (κ3) is 3.51. The van der Waals surface area contributed by atoms with E-state index < -0.39 is 0 Å². The van der Waals surface area contributed by atoms with E-state index in [1.54, 1.807) is 6.92 Å². The molecule has 1 atom stereocenters. The number of piperidine rings is 1. The van der Waals surface area contributed by atoms with Gasteiger partial charge in [0, 0.05) is 19.0 Å². The van der Waals surface area contributed by atoms with E-state index in [4.69, 9.17) is 0 Å². The Labute approximate surface area is 97.4 Å². The molecule has 1 N–H and O–H groups in total. The predicted octanol–water partition coefficient (Wildman–Crippen LogP) is 1.30. The molecule has 1 fully saturated rings. The molecule has 0 bridgehead atoms. The fourth-order valence-electron chi connectivity index (χ4n) is 2.15. The number of carbonyl (C=O) groups excluding carboxylic acids is 2. The van der Waals surface area contributed by atoms with Crippen molar-refractivity contribution in [3.05, 3.63) is 0 Å². The van der Waals surface area contributed by atoms with Gasteiger partial charge in [-0.1, -0.05) is 13.8 Å². The normalized spacial score (nSPS) is 20.6. The van der Waals surface area contributed by atoms with E-state index in [2.05, 4.69) is 12.2 Å². The molecule has 16 heavy (non-hydrogen) atoms. The molecule has 0 aliphatic carbocycles. The molecular formula is C12H22N2O2. The highest BCUT2D eigenvalue weighted by Gasteiger charge is 2.24. The van der Waals surface area contributed by atoms with Gasteiger partial charge >= 0.3 is 0 Å². The zero-order chi connectivity index (χ0) is 12.0. The SMILES string of the molecule is CCC(=O)NCC(=O)N1CCCCC1CC. The summed E-state index contributed by atoms with van der Waals surface area (Å²) in [5.41, 5.74) is 0. The van der Waals surface area contributed by atoms with Gasteiger partial charge in [0.1, 0.15) is 0 Å². The molecule has 92 valence electrons. The summed E-state index contributed by atoms with van der Waals surface area (Å²) in [6.45, 7) is 4.90. The second-order valence-electron chi connectivity index (χ2n) is 4.28. The minimum atomic E-state index is -0.0570. The number of rotatable bonds is 4. The van der Waals surface area contributed by atoms with Crippen molar-refractivity contribution >= 4 is 11.8 Å². The highest BCUT2D eigenvalue weighted by Crippen LogP contribution is 2.19. The van der Waals surface area contributed by atoms with Gasteiger partial charge in [0.15, 0.2) is 0 Å². The van der Waals surface area contributed by atoms with Crippen molar-refractivity contribution in [1.29, 1.82) is 0 Å². The Morgan fingerprint density at radius 1 is 1.31 bits per heavy atom. The largest absolute Gasteiger partial charge is 0.347 e. The minimum Gasteiger partial charge on any atom is -0.347 e. The average molecular weight is 226 g/mol. The molecule has 0 saturated carbocycles. The Balaban J connectivity index is 2.41. The molecule has 0 spiro atoms. The fraction of sp³-hybridized carbons (Fsp3) is 0.833. The molecule has 1 aliphatic heterocycles. The molecule has 1 heterocycles. The second kappa shape index (κ2) is 6.51. The minimum absolute atomic E-state index is 0.0570. The van der Waals surface area contributed by atoms with Gasteiger partial charge in [0.05, 0.1) is 6.54 Å². The van der Waals surface area contributed by atoms with Crippen LogP contribution in [0.5, 0.6) is 0 Å². The van der Waals surface area contributed by atoms with Crippen LogP contribution in [0.3, 0.4) is 0 Å². The van der Waals surface area contributed by atoms with E-state index in [9.17, 15) is 9.59 Å². The van der Waals surface area contributed by atoms with E-state index in [0.717, 1.165) is 25.8 Å². The van der Waals surface area contributed by atoms with Gasteiger partial charge in [-0.15, -0.1) is 0 Å². The average Bonchev–Trinajstić information content (AvgIpc) is 2.35. The van der Waals surface area contributed by atoms with Gasteiger partial charge in [-0.2, -0.15) is 0 Å². The van der Waals surface area contributed by atoms with E-state index in [0.29, 0.717) is 12.5 Å². The van der Waals surface area contributed by atoms with E-state index >= 15 is 0 Å². The van der Waals surface area contributed by atoms with Crippen molar-refractivity contribution in [1.82, 2.24) is 10.2 Å². The summed E-state index contributed by atoms with van der Waals surface area (Å²) in [5.74, 6) is 0.00626. The maximum absolute atomic E-state index is 11.9. The molecule has 0 radical (unpaired) electrons. The fourth-order valence-corrected chi connectivity index (χ4v) is 2.15. The molecular weight excluding hydrogens is 204 g/mol. The van der Waals surface area contributed by atoms with Crippen LogP contribution in [-0.4, -0.2) is 35.8 Å². The van der Waals surface area contributed by atoms with Crippen LogP contribution in [0.4, 0.5) is 0 Å². The van der Waals surface area contributed by atoms with Crippen molar-refractivity contribution in [2.75, 3.05) is 13.1 Å². The lowest BCUT2D eigenvalue weighted by Crippen LogP contribution is -2.47. The van der Waals surface area contributed by atoms with Crippen LogP contribution in [0.2, 0.25) is 0 Å². The van der Waals surface area contributed by atoms with Gasteiger partial charge in [0.25, 0.3) is 0 Å². The monoisotopic (exact) mass is 226 g/mol. The molecule has 4 heteroatoms. The first-order valence-corrected chi connectivity index (χ1v) is 6.25. The maximum Gasteiger partial charge on any atom is 0.242 e. The Morgan fingerprint density at radius 3 is 2.69 bits per heavy atom. The van der Waals surface area contributed by atoms with E-state index in [1.165, 1.54) is 6.42 Å². The molecule has 1 saturated heterocycles. The lowest BCUT2D eigenvalue weighted by Gasteiger charge is -2.35. The second-order valence-corrected chi connectivity index (χ2v) is 4.28. The topological polar surface area (TPSA) is 49.4 Å². The van der Waals surface area contributed by atoms with Gasteiger partial charge in [-0.05, 0) is 25.7 Å². The third-order valence-corrected chi connectivity index (χ3v) is 3.18. The summed E-state index contributed by atoms with van der Waals surface area (Å²) in [5, 5.41) is 2.64. The zero-order valence-electron chi connectivity index (χ0n) is 10.3. The van der Waals surface area contributed by atoms with Crippen LogP contribution in [0.25, 0.3) is 0 Å². The summed E-state index contributed by atoms with van der Waals surface area (Å²) in [6.07, 6.45) is 4.84. The van der Waals surface area contributed by atoms with Crippen LogP contribution >= 0.6 is 0 Å². The summed E-state index contributed by atoms with van der Waals surface area (Å²) in [4.78, 5) is 24.9. The molecule has 1 rings (SSSR count). The van der Waals surface area contributed by atoms with Gasteiger partial charge in [0.2, 0.25) is 11.8 Å². The van der Waals surface area contributed by atoms with Crippen molar-refractivity contribution in [3.63, 3.8) is 0 Å². The summed E-state index contributed by atoms with van der Waals surface area (Å²) in [7, 11) is 0. The maximum atomic E-state index is 11.9. The highest BCUT2D eigenvalue weighted by atomic mass is 16.2. The molecule has 0 aromatic rings. The Bertz CT molecular complexity index is 253. The number of hydrogen-bond donors (Lipinski definition) is 1. The lowest BCUT2D eigenvalue weighted by molar-refractivity contribution is -0.136. The zero-order valence-corrected chi connectivity index (χ0v) is 10.3. The molecule has 1 unspecified atom stereocenters. The lowest BCUT2D eigenvalue weighted by atomic mass is 10.00. The Kier molecular flexibility index (Phi) is 5.29. The smallest absolute Gasteiger partial charge is 0.242 e.